The van der Waals surface area contributed by atoms with E-state index in [0.717, 1.165) is 0 Å². The summed E-state index contributed by atoms with van der Waals surface area (Å²) in [6.45, 7) is 4.00. The van der Waals surface area contributed by atoms with Gasteiger partial charge in [0.1, 0.15) is 0 Å². The average Bonchev–Trinajstić information content (AvgIpc) is 2.47. The van der Waals surface area contributed by atoms with Crippen LogP contribution in [0.1, 0.15) is 24.3 Å². The van der Waals surface area contributed by atoms with Crippen LogP contribution >= 0.6 is 66.7 Å². The standard InChI is InChI=1S/C6H2Br2Cl3NO.C2H6/c7-2-1-3(12-5(2)8)4(13)6(9,10)11;1-2/h1,12H;1-2H3. The van der Waals surface area contributed by atoms with Crippen molar-refractivity contribution in [3.05, 3.63) is 20.8 Å². The fraction of sp³-hybridized carbons (Fsp3) is 0.375. The molecule has 0 radical (unpaired) electrons. The first-order chi connectivity index (χ1) is 6.82. The van der Waals surface area contributed by atoms with E-state index >= 15 is 0 Å². The highest BCUT2D eigenvalue weighted by molar-refractivity contribution is 9.13. The van der Waals surface area contributed by atoms with Crippen molar-refractivity contribution in [3.8, 4) is 0 Å². The highest BCUT2D eigenvalue weighted by Crippen LogP contribution is 2.32. The molecule has 0 bridgehead atoms. The van der Waals surface area contributed by atoms with Gasteiger partial charge in [0.15, 0.2) is 0 Å². The molecular weight excluding hydrogens is 392 g/mol. The molecule has 1 N–H and O–H groups in total. The number of carbonyl (C=O) groups excluding carboxylic acids is 1. The number of Topliss-reactive ketones (excluding diaryl/α,β-unsaturated/α-hetero) is 1. The van der Waals surface area contributed by atoms with Crippen LogP contribution < -0.4 is 0 Å². The van der Waals surface area contributed by atoms with E-state index in [2.05, 4.69) is 36.8 Å². The van der Waals surface area contributed by atoms with Gasteiger partial charge < -0.3 is 4.98 Å². The Kier molecular flexibility index (Phi) is 6.84. The number of hydrogen-bond acceptors (Lipinski definition) is 1. The van der Waals surface area contributed by atoms with Gasteiger partial charge in [-0.1, -0.05) is 48.7 Å². The number of rotatable bonds is 1. The third kappa shape index (κ3) is 4.65. The summed E-state index contributed by atoms with van der Waals surface area (Å²) in [7, 11) is 0. The highest BCUT2D eigenvalue weighted by atomic mass is 79.9. The summed E-state index contributed by atoms with van der Waals surface area (Å²) >= 11 is 22.6. The van der Waals surface area contributed by atoms with Gasteiger partial charge in [-0.15, -0.1) is 0 Å². The zero-order valence-corrected chi connectivity index (χ0v) is 13.3. The molecule has 15 heavy (non-hydrogen) atoms. The molecule has 1 aromatic rings. The van der Waals surface area contributed by atoms with E-state index in [1.807, 2.05) is 13.8 Å². The second-order valence-electron chi connectivity index (χ2n) is 2.17. The van der Waals surface area contributed by atoms with Gasteiger partial charge in [0.25, 0.3) is 3.79 Å². The van der Waals surface area contributed by atoms with E-state index in [1.165, 1.54) is 6.07 Å². The molecule has 0 fully saturated rings. The van der Waals surface area contributed by atoms with E-state index in [1.54, 1.807) is 0 Å². The Balaban J connectivity index is 0.000000921. The number of nitrogens with one attached hydrogen (secondary N) is 1. The van der Waals surface area contributed by atoms with Crippen molar-refractivity contribution in [2.75, 3.05) is 0 Å². The fourth-order valence-corrected chi connectivity index (χ4v) is 1.64. The molecule has 1 aromatic heterocycles. The number of aromatic nitrogens is 1. The van der Waals surface area contributed by atoms with E-state index in [4.69, 9.17) is 34.8 Å². The molecule has 0 spiro atoms. The maximum atomic E-state index is 11.4. The van der Waals surface area contributed by atoms with Crippen molar-refractivity contribution >= 4 is 72.4 Å². The van der Waals surface area contributed by atoms with Gasteiger partial charge in [-0.3, -0.25) is 4.79 Å². The molecule has 0 atom stereocenters. The molecule has 0 unspecified atom stereocenters. The van der Waals surface area contributed by atoms with Crippen molar-refractivity contribution in [2.45, 2.75) is 17.6 Å². The molecule has 0 aromatic carbocycles. The minimum atomic E-state index is -1.93. The van der Waals surface area contributed by atoms with Gasteiger partial charge in [-0.2, -0.15) is 0 Å². The molecule has 1 rings (SSSR count). The second kappa shape index (κ2) is 6.50. The molecule has 0 aliphatic carbocycles. The number of carbonyl (C=O) groups is 1. The topological polar surface area (TPSA) is 32.9 Å². The Bertz CT molecular complexity index is 327. The zero-order chi connectivity index (χ0) is 12.2. The molecule has 86 valence electrons. The summed E-state index contributed by atoms with van der Waals surface area (Å²) in [5.41, 5.74) is 0.235. The number of alkyl halides is 3. The molecule has 0 saturated heterocycles. The molecule has 0 saturated carbocycles. The molecule has 7 heteroatoms. The summed E-state index contributed by atoms with van der Waals surface area (Å²) in [6, 6.07) is 1.54. The first-order valence-corrected chi connectivity index (χ1v) is 6.70. The molecule has 2 nitrogen and oxygen atoms in total. The Labute approximate surface area is 120 Å². The number of aromatic amines is 1. The maximum Gasteiger partial charge on any atom is 0.254 e. The SMILES string of the molecule is CC.O=C(c1cc(Br)c(Br)[nH]1)C(Cl)(Cl)Cl. The minimum Gasteiger partial charge on any atom is -0.346 e. The van der Waals surface area contributed by atoms with Crippen LogP contribution in [0, 0.1) is 0 Å². The molecule has 0 amide bonds. The smallest absolute Gasteiger partial charge is 0.254 e. The van der Waals surface area contributed by atoms with E-state index in [0.29, 0.717) is 9.08 Å². The highest BCUT2D eigenvalue weighted by Gasteiger charge is 2.32. The largest absolute Gasteiger partial charge is 0.346 e. The van der Waals surface area contributed by atoms with Crippen LogP contribution in [0.5, 0.6) is 0 Å². The third-order valence-corrected chi connectivity index (χ3v) is 3.53. The normalized spacial score (nSPS) is 10.6. The van der Waals surface area contributed by atoms with Crippen LogP contribution in [0.2, 0.25) is 0 Å². The Morgan fingerprint density at radius 1 is 1.33 bits per heavy atom. The fourth-order valence-electron chi connectivity index (χ4n) is 0.679. The predicted octanol–water partition coefficient (Wildman–Crippen LogP) is 5.12. The zero-order valence-electron chi connectivity index (χ0n) is 7.88. The summed E-state index contributed by atoms with van der Waals surface area (Å²) in [4.78, 5) is 14.1. The molecular formula is C8H8Br2Cl3NO. The number of halogens is 5. The average molecular weight is 400 g/mol. The minimum absolute atomic E-state index is 0.235. The lowest BCUT2D eigenvalue weighted by atomic mass is 10.3. The molecule has 0 aliphatic rings. The van der Waals surface area contributed by atoms with Gasteiger partial charge in [-0.25, -0.2) is 0 Å². The van der Waals surface area contributed by atoms with Crippen LogP contribution in [0.15, 0.2) is 15.1 Å². The van der Waals surface area contributed by atoms with E-state index in [9.17, 15) is 4.79 Å². The second-order valence-corrected chi connectivity index (χ2v) is 6.10. The van der Waals surface area contributed by atoms with Crippen molar-refractivity contribution in [1.29, 1.82) is 0 Å². The monoisotopic (exact) mass is 397 g/mol. The number of ketones is 1. The maximum absolute atomic E-state index is 11.4. The Morgan fingerprint density at radius 2 is 1.80 bits per heavy atom. The Hall–Kier alpha value is 0.780. The van der Waals surface area contributed by atoms with Crippen LogP contribution in [0.25, 0.3) is 0 Å². The van der Waals surface area contributed by atoms with E-state index in [-0.39, 0.29) is 5.69 Å². The first-order valence-electron chi connectivity index (χ1n) is 3.98. The van der Waals surface area contributed by atoms with Gasteiger partial charge >= 0.3 is 0 Å². The van der Waals surface area contributed by atoms with Crippen LogP contribution in [-0.2, 0) is 0 Å². The van der Waals surface area contributed by atoms with Crippen molar-refractivity contribution in [2.24, 2.45) is 0 Å². The van der Waals surface area contributed by atoms with Gasteiger partial charge in [0.2, 0.25) is 5.78 Å². The van der Waals surface area contributed by atoms with Crippen molar-refractivity contribution < 1.29 is 4.79 Å². The predicted molar refractivity (Wildman–Crippen MR) is 72.2 cm³/mol. The molecule has 0 aliphatic heterocycles. The summed E-state index contributed by atoms with van der Waals surface area (Å²) in [5, 5.41) is 0. The summed E-state index contributed by atoms with van der Waals surface area (Å²) in [5.74, 6) is -0.594. The van der Waals surface area contributed by atoms with Gasteiger partial charge in [0, 0.05) is 0 Å². The quantitative estimate of drug-likeness (QED) is 0.515. The van der Waals surface area contributed by atoms with Crippen molar-refractivity contribution in [3.63, 3.8) is 0 Å². The van der Waals surface area contributed by atoms with Gasteiger partial charge in [-0.05, 0) is 37.9 Å². The lowest BCUT2D eigenvalue weighted by Gasteiger charge is -2.06. The first kappa shape index (κ1) is 15.8. The van der Waals surface area contributed by atoms with Gasteiger partial charge in [0.05, 0.1) is 14.8 Å². The van der Waals surface area contributed by atoms with Crippen LogP contribution in [-0.4, -0.2) is 14.6 Å². The summed E-state index contributed by atoms with van der Waals surface area (Å²) < 4.78 is -0.598. The van der Waals surface area contributed by atoms with Crippen LogP contribution in [0.4, 0.5) is 0 Å². The Morgan fingerprint density at radius 3 is 2.07 bits per heavy atom. The van der Waals surface area contributed by atoms with E-state index < -0.39 is 9.58 Å². The number of hydrogen-bond donors (Lipinski definition) is 1. The molecule has 1 heterocycles. The third-order valence-electron chi connectivity index (χ3n) is 1.23. The summed E-state index contributed by atoms with van der Waals surface area (Å²) in [6.07, 6.45) is 0. The van der Waals surface area contributed by atoms with Crippen LogP contribution in [0.3, 0.4) is 0 Å². The number of H-pyrrole nitrogens is 1. The van der Waals surface area contributed by atoms with Crippen molar-refractivity contribution in [1.82, 2.24) is 4.98 Å². The lowest BCUT2D eigenvalue weighted by Crippen LogP contribution is -2.19. The lowest BCUT2D eigenvalue weighted by molar-refractivity contribution is 0.0992.